The zero-order chi connectivity index (χ0) is 16.8. The Hall–Kier alpha value is -2.02. The number of amides is 1. The van der Waals surface area contributed by atoms with Crippen LogP contribution in [-0.4, -0.2) is 26.5 Å². The van der Waals surface area contributed by atoms with E-state index in [1.807, 2.05) is 24.3 Å². The van der Waals surface area contributed by atoms with E-state index < -0.39 is 0 Å². The van der Waals surface area contributed by atoms with Crippen molar-refractivity contribution in [1.29, 1.82) is 0 Å². The Balaban J connectivity index is 1.87. The van der Waals surface area contributed by atoms with Gasteiger partial charge in [0.05, 0.1) is 5.75 Å². The summed E-state index contributed by atoms with van der Waals surface area (Å²) in [4.78, 5) is 12.0. The predicted octanol–water partition coefficient (Wildman–Crippen LogP) is 2.80. The van der Waals surface area contributed by atoms with E-state index in [0.29, 0.717) is 11.1 Å². The summed E-state index contributed by atoms with van der Waals surface area (Å²) >= 11 is 1.28. The highest BCUT2D eigenvalue weighted by atomic mass is 32.2. The number of rotatable bonds is 7. The second-order valence-electron chi connectivity index (χ2n) is 5.63. The number of anilines is 1. The quantitative estimate of drug-likeness (QED) is 0.601. The van der Waals surface area contributed by atoms with Gasteiger partial charge in [-0.25, -0.2) is 4.68 Å². The van der Waals surface area contributed by atoms with Crippen LogP contribution in [-0.2, 0) is 11.2 Å². The van der Waals surface area contributed by atoms with Gasteiger partial charge < -0.3 is 11.2 Å². The molecule has 0 aliphatic rings. The van der Waals surface area contributed by atoms with Crippen LogP contribution in [0.4, 0.5) is 5.69 Å². The number of aromatic nitrogens is 3. The van der Waals surface area contributed by atoms with E-state index in [2.05, 4.69) is 36.3 Å². The van der Waals surface area contributed by atoms with Crippen molar-refractivity contribution < 1.29 is 4.79 Å². The second kappa shape index (κ2) is 8.01. The molecule has 0 atom stereocenters. The molecule has 0 spiro atoms. The molecule has 6 nitrogen and oxygen atoms in total. The molecule has 1 heterocycles. The van der Waals surface area contributed by atoms with Gasteiger partial charge in [-0.1, -0.05) is 44.7 Å². The Morgan fingerprint density at radius 3 is 2.61 bits per heavy atom. The monoisotopic (exact) mass is 333 g/mol. The van der Waals surface area contributed by atoms with Crippen molar-refractivity contribution in [2.24, 2.45) is 0 Å². The molecule has 0 fully saturated rings. The molecule has 0 saturated heterocycles. The number of nitrogens with two attached hydrogens (primary N) is 1. The summed E-state index contributed by atoms with van der Waals surface area (Å²) in [5.41, 5.74) is 2.04. The van der Waals surface area contributed by atoms with Crippen LogP contribution in [0.15, 0.2) is 29.4 Å². The SMILES string of the molecule is CCCc1nnc(SCC(=O)Nc2ccc(C(C)C)cc2)n1N. The summed E-state index contributed by atoms with van der Waals surface area (Å²) in [6.45, 7) is 6.33. The maximum absolute atomic E-state index is 12.0. The Bertz CT molecular complexity index is 651. The second-order valence-corrected chi connectivity index (χ2v) is 6.57. The molecular formula is C16H23N5OS. The van der Waals surface area contributed by atoms with Crippen LogP contribution in [0.3, 0.4) is 0 Å². The number of carbonyl (C=O) groups is 1. The summed E-state index contributed by atoms with van der Waals surface area (Å²) in [5.74, 6) is 7.28. The first kappa shape index (κ1) is 17.3. The van der Waals surface area contributed by atoms with Gasteiger partial charge in [0.25, 0.3) is 0 Å². The smallest absolute Gasteiger partial charge is 0.234 e. The van der Waals surface area contributed by atoms with Crippen LogP contribution < -0.4 is 11.2 Å². The van der Waals surface area contributed by atoms with Gasteiger partial charge in [-0.05, 0) is 30.0 Å². The molecule has 1 aromatic carbocycles. The number of nitrogen functional groups attached to an aromatic ring is 1. The van der Waals surface area contributed by atoms with Crippen LogP contribution in [0, 0.1) is 0 Å². The highest BCUT2D eigenvalue weighted by molar-refractivity contribution is 7.99. The zero-order valence-corrected chi connectivity index (χ0v) is 14.6. The Morgan fingerprint density at radius 2 is 2.00 bits per heavy atom. The van der Waals surface area contributed by atoms with E-state index in [1.165, 1.54) is 22.0 Å². The van der Waals surface area contributed by atoms with Crippen molar-refractivity contribution in [3.63, 3.8) is 0 Å². The zero-order valence-electron chi connectivity index (χ0n) is 13.7. The Kier molecular flexibility index (Phi) is 6.04. The largest absolute Gasteiger partial charge is 0.336 e. The van der Waals surface area contributed by atoms with Crippen molar-refractivity contribution in [3.8, 4) is 0 Å². The van der Waals surface area contributed by atoms with Gasteiger partial charge in [0, 0.05) is 12.1 Å². The van der Waals surface area contributed by atoms with Crippen LogP contribution >= 0.6 is 11.8 Å². The highest BCUT2D eigenvalue weighted by Crippen LogP contribution is 2.18. The summed E-state index contributed by atoms with van der Waals surface area (Å²) < 4.78 is 1.46. The number of carbonyl (C=O) groups excluding carboxylic acids is 1. The van der Waals surface area contributed by atoms with E-state index in [1.54, 1.807) is 0 Å². The van der Waals surface area contributed by atoms with Crippen molar-refractivity contribution >= 4 is 23.4 Å². The molecular weight excluding hydrogens is 310 g/mol. The molecule has 0 bridgehead atoms. The van der Waals surface area contributed by atoms with Gasteiger partial charge in [-0.3, -0.25) is 4.79 Å². The van der Waals surface area contributed by atoms with E-state index in [9.17, 15) is 4.79 Å². The normalized spacial score (nSPS) is 11.0. The molecule has 1 amide bonds. The van der Waals surface area contributed by atoms with Gasteiger partial charge in [-0.15, -0.1) is 10.2 Å². The summed E-state index contributed by atoms with van der Waals surface area (Å²) in [6, 6.07) is 7.90. The first-order valence-corrected chi connectivity index (χ1v) is 8.71. The fourth-order valence-electron chi connectivity index (χ4n) is 2.08. The van der Waals surface area contributed by atoms with E-state index in [-0.39, 0.29) is 11.7 Å². The number of nitrogens with one attached hydrogen (secondary N) is 1. The summed E-state index contributed by atoms with van der Waals surface area (Å²) in [7, 11) is 0. The van der Waals surface area contributed by atoms with Gasteiger partial charge in [0.1, 0.15) is 0 Å². The lowest BCUT2D eigenvalue weighted by atomic mass is 10.0. The molecule has 0 aliphatic heterocycles. The molecule has 124 valence electrons. The Labute approximate surface area is 140 Å². The number of hydrogen-bond donors (Lipinski definition) is 2. The topological polar surface area (TPSA) is 85.8 Å². The number of hydrogen-bond acceptors (Lipinski definition) is 5. The molecule has 3 N–H and O–H groups in total. The molecule has 0 radical (unpaired) electrons. The average molecular weight is 333 g/mol. The molecule has 0 saturated carbocycles. The first-order chi connectivity index (χ1) is 11.0. The lowest BCUT2D eigenvalue weighted by Gasteiger charge is -2.08. The number of nitrogens with zero attached hydrogens (tertiary/aromatic N) is 3. The average Bonchev–Trinajstić information content (AvgIpc) is 2.87. The highest BCUT2D eigenvalue weighted by Gasteiger charge is 2.12. The van der Waals surface area contributed by atoms with E-state index in [0.717, 1.165) is 24.4 Å². The maximum Gasteiger partial charge on any atom is 0.234 e. The number of aryl methyl sites for hydroxylation is 1. The van der Waals surface area contributed by atoms with E-state index in [4.69, 9.17) is 5.84 Å². The van der Waals surface area contributed by atoms with Crippen LogP contribution in [0.1, 0.15) is 44.5 Å². The molecule has 2 rings (SSSR count). The van der Waals surface area contributed by atoms with Crippen molar-refractivity contribution in [1.82, 2.24) is 14.9 Å². The van der Waals surface area contributed by atoms with Crippen LogP contribution in [0.5, 0.6) is 0 Å². The minimum atomic E-state index is -0.0904. The fraction of sp³-hybridized carbons (Fsp3) is 0.438. The molecule has 23 heavy (non-hydrogen) atoms. The maximum atomic E-state index is 12.0. The van der Waals surface area contributed by atoms with Crippen molar-refractivity contribution in [2.45, 2.75) is 44.7 Å². The van der Waals surface area contributed by atoms with Crippen LogP contribution in [0.25, 0.3) is 0 Å². The Morgan fingerprint density at radius 1 is 1.30 bits per heavy atom. The third-order valence-corrected chi connectivity index (χ3v) is 4.35. The van der Waals surface area contributed by atoms with E-state index >= 15 is 0 Å². The van der Waals surface area contributed by atoms with Crippen molar-refractivity contribution in [3.05, 3.63) is 35.7 Å². The third kappa shape index (κ3) is 4.72. The van der Waals surface area contributed by atoms with Gasteiger partial charge >= 0.3 is 0 Å². The standard InChI is InChI=1S/C16H23N5OS/c1-4-5-14-19-20-16(21(14)17)23-10-15(22)18-13-8-6-12(7-9-13)11(2)3/h6-9,11H,4-5,10,17H2,1-3H3,(H,18,22). The lowest BCUT2D eigenvalue weighted by molar-refractivity contribution is -0.113. The fourth-order valence-corrected chi connectivity index (χ4v) is 2.75. The number of thioether (sulfide) groups is 1. The predicted molar refractivity (Wildman–Crippen MR) is 94.1 cm³/mol. The third-order valence-electron chi connectivity index (χ3n) is 3.40. The van der Waals surface area contributed by atoms with Crippen molar-refractivity contribution in [2.75, 3.05) is 16.9 Å². The molecule has 0 aliphatic carbocycles. The van der Waals surface area contributed by atoms with Gasteiger partial charge in [-0.2, -0.15) is 0 Å². The number of benzene rings is 1. The first-order valence-electron chi connectivity index (χ1n) is 7.73. The molecule has 0 unspecified atom stereocenters. The minimum absolute atomic E-state index is 0.0904. The molecule has 2 aromatic rings. The van der Waals surface area contributed by atoms with Crippen LogP contribution in [0.2, 0.25) is 0 Å². The van der Waals surface area contributed by atoms with Gasteiger partial charge in [0.2, 0.25) is 11.1 Å². The summed E-state index contributed by atoms with van der Waals surface area (Å²) in [6.07, 6.45) is 1.73. The summed E-state index contributed by atoms with van der Waals surface area (Å²) in [5, 5.41) is 11.5. The molecule has 1 aromatic heterocycles. The van der Waals surface area contributed by atoms with Gasteiger partial charge in [0.15, 0.2) is 5.82 Å². The minimum Gasteiger partial charge on any atom is -0.336 e. The lowest BCUT2D eigenvalue weighted by Crippen LogP contribution is -2.17. The molecule has 7 heteroatoms.